The molecule has 1 aromatic carbocycles. The van der Waals surface area contributed by atoms with E-state index in [1.165, 1.54) is 0 Å². The fourth-order valence-electron chi connectivity index (χ4n) is 2.45. The molecule has 23 heavy (non-hydrogen) atoms. The summed E-state index contributed by atoms with van der Waals surface area (Å²) >= 11 is 0. The van der Waals surface area contributed by atoms with E-state index in [2.05, 4.69) is 10.6 Å². The summed E-state index contributed by atoms with van der Waals surface area (Å²) in [5.74, 6) is -2.51. The molecule has 128 valence electrons. The molecule has 2 rings (SSSR count). The highest BCUT2D eigenvalue weighted by Crippen LogP contribution is 2.23. The van der Waals surface area contributed by atoms with Gasteiger partial charge in [0.2, 0.25) is 0 Å². The number of urea groups is 1. The fraction of sp³-hybridized carbons (Fsp3) is 0.500. The predicted octanol–water partition coefficient (Wildman–Crippen LogP) is 2.06. The number of nitrogens with one attached hydrogen (secondary N) is 2. The van der Waals surface area contributed by atoms with Crippen LogP contribution in [0.15, 0.2) is 17.0 Å². The quantitative estimate of drug-likeness (QED) is 0.872. The van der Waals surface area contributed by atoms with Crippen LogP contribution in [0.2, 0.25) is 0 Å². The van der Waals surface area contributed by atoms with Crippen molar-refractivity contribution in [1.29, 1.82) is 0 Å². The topological polar surface area (TPSA) is 84.5 Å². The molecule has 0 spiro atoms. The monoisotopic (exact) mass is 348 g/mol. The second kappa shape index (κ2) is 6.79. The van der Waals surface area contributed by atoms with E-state index >= 15 is 0 Å². The number of halogens is 2. The summed E-state index contributed by atoms with van der Waals surface area (Å²) in [7, 11) is -4.03. The Bertz CT molecular complexity index is 680. The van der Waals surface area contributed by atoms with Gasteiger partial charge in [0.25, 0.3) is 0 Å². The van der Waals surface area contributed by atoms with Crippen LogP contribution in [0.1, 0.15) is 19.8 Å². The Hall–Kier alpha value is -1.74. The fourth-order valence-corrected chi connectivity index (χ4v) is 3.28. The van der Waals surface area contributed by atoms with Crippen molar-refractivity contribution in [2.24, 2.45) is 0 Å². The largest absolute Gasteiger partial charge is 0.376 e. The first-order valence-electron chi connectivity index (χ1n) is 7.06. The van der Waals surface area contributed by atoms with Crippen LogP contribution in [-0.4, -0.2) is 39.5 Å². The predicted molar refractivity (Wildman–Crippen MR) is 80.1 cm³/mol. The van der Waals surface area contributed by atoms with Gasteiger partial charge in [0.15, 0.2) is 9.84 Å². The molecule has 0 aliphatic carbocycles. The van der Waals surface area contributed by atoms with Crippen molar-refractivity contribution in [3.05, 3.63) is 23.8 Å². The van der Waals surface area contributed by atoms with Gasteiger partial charge in [-0.25, -0.2) is 22.0 Å². The molecule has 6 nitrogen and oxygen atoms in total. The number of carbonyl (C=O) groups excluding carboxylic acids is 1. The molecule has 1 aliphatic heterocycles. The summed E-state index contributed by atoms with van der Waals surface area (Å²) in [4.78, 5) is 10.8. The highest BCUT2D eigenvalue weighted by atomic mass is 32.2. The third kappa shape index (κ3) is 4.38. The lowest BCUT2D eigenvalue weighted by Crippen LogP contribution is -2.43. The van der Waals surface area contributed by atoms with Crippen molar-refractivity contribution in [1.82, 2.24) is 5.32 Å². The zero-order chi connectivity index (χ0) is 17.2. The lowest BCUT2D eigenvalue weighted by molar-refractivity contribution is 0.0868. The van der Waals surface area contributed by atoms with Gasteiger partial charge in [-0.15, -0.1) is 0 Å². The van der Waals surface area contributed by atoms with Crippen LogP contribution in [0.5, 0.6) is 0 Å². The molecule has 1 heterocycles. The Morgan fingerprint density at radius 1 is 1.35 bits per heavy atom. The minimum absolute atomic E-state index is 0.0955. The summed E-state index contributed by atoms with van der Waals surface area (Å²) in [6.45, 7) is 2.41. The van der Waals surface area contributed by atoms with Gasteiger partial charge < -0.3 is 15.4 Å². The van der Waals surface area contributed by atoms with Crippen LogP contribution in [0.25, 0.3) is 0 Å². The number of anilines is 1. The average Bonchev–Trinajstić information content (AvgIpc) is 2.89. The number of ether oxygens (including phenoxy) is 1. The number of hydrogen-bond donors (Lipinski definition) is 2. The molecule has 0 bridgehead atoms. The first kappa shape index (κ1) is 17.6. The molecule has 0 saturated carbocycles. The second-order valence-corrected chi connectivity index (χ2v) is 7.43. The number of hydrogen-bond acceptors (Lipinski definition) is 4. The first-order valence-corrected chi connectivity index (χ1v) is 8.96. The van der Waals surface area contributed by atoms with E-state index in [1.807, 2.05) is 0 Å². The molecular formula is C14H18F2N2O4S. The highest BCUT2D eigenvalue weighted by molar-refractivity contribution is 7.90. The molecule has 1 saturated heterocycles. The third-order valence-corrected chi connectivity index (χ3v) is 4.64. The summed E-state index contributed by atoms with van der Waals surface area (Å²) in [6.07, 6.45) is 2.36. The minimum atomic E-state index is -4.03. The smallest absolute Gasteiger partial charge is 0.319 e. The maximum Gasteiger partial charge on any atom is 0.319 e. The molecule has 1 aromatic rings. The number of carbonyl (C=O) groups is 1. The normalized spacial score (nSPS) is 19.4. The molecule has 0 unspecified atom stereocenters. The number of amides is 2. The van der Waals surface area contributed by atoms with Crippen LogP contribution >= 0.6 is 0 Å². The van der Waals surface area contributed by atoms with Crippen molar-refractivity contribution in [3.63, 3.8) is 0 Å². The molecule has 2 amide bonds. The van der Waals surface area contributed by atoms with Crippen LogP contribution < -0.4 is 10.6 Å². The number of benzene rings is 1. The lowest BCUT2D eigenvalue weighted by atomic mass is 10.1. The summed E-state index contributed by atoms with van der Waals surface area (Å²) in [5, 5.41) is 4.89. The molecule has 9 heteroatoms. The van der Waals surface area contributed by atoms with Crippen LogP contribution in [0, 0.1) is 11.6 Å². The zero-order valence-corrected chi connectivity index (χ0v) is 13.5. The zero-order valence-electron chi connectivity index (χ0n) is 12.7. The Labute approximate surface area is 133 Å². The van der Waals surface area contributed by atoms with Crippen molar-refractivity contribution >= 4 is 21.6 Å². The van der Waals surface area contributed by atoms with E-state index in [4.69, 9.17) is 4.74 Å². The van der Waals surface area contributed by atoms with Gasteiger partial charge in [-0.3, -0.25) is 0 Å². The van der Waals surface area contributed by atoms with Gasteiger partial charge in [-0.1, -0.05) is 0 Å². The van der Waals surface area contributed by atoms with E-state index < -0.39 is 32.4 Å². The summed E-state index contributed by atoms with van der Waals surface area (Å²) in [5.41, 5.74) is -0.176. The molecule has 0 radical (unpaired) electrons. The standard InChI is InChI=1S/C14H18F2N2O4S/c1-8(12-4-3-5-22-12)17-14(19)18-9-6-10(15)13(11(16)7-9)23(2,20)21/h6-8,12H,3-5H2,1-2H3,(H2,17,18,19)/t8-,12-/m0/s1. The molecule has 1 aliphatic rings. The summed E-state index contributed by atoms with van der Waals surface area (Å²) < 4.78 is 55.6. The van der Waals surface area contributed by atoms with Crippen molar-refractivity contribution in [2.75, 3.05) is 18.2 Å². The van der Waals surface area contributed by atoms with Crippen molar-refractivity contribution in [2.45, 2.75) is 36.8 Å². The minimum Gasteiger partial charge on any atom is -0.376 e. The van der Waals surface area contributed by atoms with Gasteiger partial charge in [-0.05, 0) is 31.9 Å². The third-order valence-electron chi connectivity index (χ3n) is 3.51. The van der Waals surface area contributed by atoms with Gasteiger partial charge in [0.05, 0.1) is 12.1 Å². The Balaban J connectivity index is 2.07. The molecular weight excluding hydrogens is 330 g/mol. The maximum absolute atomic E-state index is 13.8. The molecule has 2 atom stereocenters. The Morgan fingerprint density at radius 3 is 2.43 bits per heavy atom. The van der Waals surface area contributed by atoms with E-state index in [-0.39, 0.29) is 17.8 Å². The van der Waals surface area contributed by atoms with Gasteiger partial charge >= 0.3 is 6.03 Å². The van der Waals surface area contributed by atoms with Crippen LogP contribution in [0.4, 0.5) is 19.3 Å². The van der Waals surface area contributed by atoms with Crippen LogP contribution in [-0.2, 0) is 14.6 Å². The van der Waals surface area contributed by atoms with Crippen LogP contribution in [0.3, 0.4) is 0 Å². The maximum atomic E-state index is 13.8. The van der Waals surface area contributed by atoms with E-state index in [1.54, 1.807) is 6.92 Å². The van der Waals surface area contributed by atoms with Crippen molar-refractivity contribution in [3.8, 4) is 0 Å². The lowest BCUT2D eigenvalue weighted by Gasteiger charge is -2.20. The van der Waals surface area contributed by atoms with E-state index in [9.17, 15) is 22.0 Å². The van der Waals surface area contributed by atoms with Gasteiger partial charge in [0.1, 0.15) is 16.5 Å². The Morgan fingerprint density at radius 2 is 1.96 bits per heavy atom. The Kier molecular flexibility index (Phi) is 5.20. The summed E-state index contributed by atoms with van der Waals surface area (Å²) in [6, 6.07) is 0.604. The molecule has 1 fully saturated rings. The first-order chi connectivity index (χ1) is 10.7. The molecule has 2 N–H and O–H groups in total. The van der Waals surface area contributed by atoms with Gasteiger partial charge in [0, 0.05) is 18.6 Å². The van der Waals surface area contributed by atoms with Crippen molar-refractivity contribution < 1.29 is 26.7 Å². The van der Waals surface area contributed by atoms with E-state index in [0.29, 0.717) is 12.9 Å². The number of rotatable bonds is 4. The number of sulfone groups is 1. The highest BCUT2D eigenvalue weighted by Gasteiger charge is 2.24. The average molecular weight is 348 g/mol. The second-order valence-electron chi connectivity index (χ2n) is 5.48. The van der Waals surface area contributed by atoms with E-state index in [0.717, 1.165) is 25.0 Å². The van der Waals surface area contributed by atoms with Gasteiger partial charge in [-0.2, -0.15) is 0 Å². The molecule has 0 aromatic heterocycles. The SMILES string of the molecule is C[C@H](NC(=O)Nc1cc(F)c(S(C)(=O)=O)c(F)c1)[C@@H]1CCCO1.